The third-order valence-electron chi connectivity index (χ3n) is 4.99. The van der Waals surface area contributed by atoms with Crippen LogP contribution in [-0.2, 0) is 14.3 Å². The van der Waals surface area contributed by atoms with E-state index in [4.69, 9.17) is 14.2 Å². The van der Waals surface area contributed by atoms with Crippen LogP contribution in [0.4, 0.5) is 0 Å². The second-order valence-electron chi connectivity index (χ2n) is 6.61. The van der Waals surface area contributed by atoms with Gasteiger partial charge in [0.25, 0.3) is 0 Å². The summed E-state index contributed by atoms with van der Waals surface area (Å²) in [5.74, 6) is 0.979. The number of carbonyl (C=O) groups excluding carboxylic acids is 1. The standard InChI is InChI=1S/C19H24O4/c1-11-7-12(2)13(3)16(8-11)23-18-10-22-17-9-14(21-4)5-6-15(17)19(18)20/h7-8,10,14-15,17H,5-6,9H2,1-4H3. The number of allylic oxidation sites excluding steroid dienone is 1. The summed E-state index contributed by atoms with van der Waals surface area (Å²) >= 11 is 0. The van der Waals surface area contributed by atoms with Gasteiger partial charge in [-0.25, -0.2) is 0 Å². The Hall–Kier alpha value is -1.81. The van der Waals surface area contributed by atoms with Crippen molar-refractivity contribution in [1.29, 1.82) is 0 Å². The van der Waals surface area contributed by atoms with Crippen LogP contribution in [0.25, 0.3) is 0 Å². The Kier molecular flexibility index (Phi) is 4.44. The van der Waals surface area contributed by atoms with E-state index < -0.39 is 0 Å². The van der Waals surface area contributed by atoms with Gasteiger partial charge in [-0.05, 0) is 56.4 Å². The molecule has 1 saturated carbocycles. The predicted molar refractivity (Wildman–Crippen MR) is 87.4 cm³/mol. The van der Waals surface area contributed by atoms with Crippen molar-refractivity contribution in [2.75, 3.05) is 7.11 Å². The summed E-state index contributed by atoms with van der Waals surface area (Å²) in [5.41, 5.74) is 3.32. The molecule has 3 unspecified atom stereocenters. The maximum absolute atomic E-state index is 12.7. The van der Waals surface area contributed by atoms with Gasteiger partial charge in [-0.1, -0.05) is 6.07 Å². The number of fused-ring (bicyclic) bond motifs is 1. The lowest BCUT2D eigenvalue weighted by molar-refractivity contribution is -0.133. The van der Waals surface area contributed by atoms with E-state index in [1.165, 1.54) is 6.26 Å². The highest BCUT2D eigenvalue weighted by Gasteiger charge is 2.41. The number of Topliss-reactive ketones (excluding diaryl/α,β-unsaturated/α-hetero) is 1. The summed E-state index contributed by atoms with van der Waals surface area (Å²) < 4.78 is 17.1. The zero-order valence-corrected chi connectivity index (χ0v) is 14.2. The molecule has 0 saturated heterocycles. The molecule has 1 aliphatic heterocycles. The molecule has 1 aliphatic carbocycles. The van der Waals surface area contributed by atoms with E-state index in [0.717, 1.165) is 41.7 Å². The topological polar surface area (TPSA) is 44.8 Å². The second kappa shape index (κ2) is 6.36. The van der Waals surface area contributed by atoms with Gasteiger partial charge in [-0.2, -0.15) is 0 Å². The smallest absolute Gasteiger partial charge is 0.207 e. The highest BCUT2D eigenvalue weighted by atomic mass is 16.5. The quantitative estimate of drug-likeness (QED) is 0.854. The van der Waals surface area contributed by atoms with Crippen molar-refractivity contribution in [2.45, 2.75) is 52.2 Å². The van der Waals surface area contributed by atoms with Gasteiger partial charge in [-0.15, -0.1) is 0 Å². The van der Waals surface area contributed by atoms with E-state index in [2.05, 4.69) is 6.07 Å². The molecule has 0 N–H and O–H groups in total. The molecule has 0 bridgehead atoms. The molecule has 2 aliphatic rings. The molecule has 0 aromatic heterocycles. The molecule has 4 heteroatoms. The first-order chi connectivity index (χ1) is 11.0. The summed E-state index contributed by atoms with van der Waals surface area (Å²) in [6.07, 6.45) is 4.02. The van der Waals surface area contributed by atoms with Gasteiger partial charge < -0.3 is 14.2 Å². The number of hydrogen-bond donors (Lipinski definition) is 0. The third kappa shape index (κ3) is 3.13. The Morgan fingerprint density at radius 1 is 1.17 bits per heavy atom. The number of ether oxygens (including phenoxy) is 3. The Labute approximate surface area is 137 Å². The SMILES string of the molecule is COC1CCC2C(=O)C(Oc3cc(C)cc(C)c3C)=COC2C1. The molecule has 3 rings (SSSR count). The Balaban J connectivity index is 1.80. The van der Waals surface area contributed by atoms with Crippen molar-refractivity contribution >= 4 is 5.78 Å². The Bertz CT molecular complexity index is 647. The van der Waals surface area contributed by atoms with Crippen molar-refractivity contribution in [2.24, 2.45) is 5.92 Å². The number of hydrogen-bond acceptors (Lipinski definition) is 4. The highest BCUT2D eigenvalue weighted by molar-refractivity contribution is 5.96. The average molecular weight is 316 g/mol. The molecule has 0 radical (unpaired) electrons. The van der Waals surface area contributed by atoms with Crippen LogP contribution in [0.5, 0.6) is 5.75 Å². The molecule has 1 aromatic carbocycles. The fourth-order valence-corrected chi connectivity index (χ4v) is 3.45. The summed E-state index contributed by atoms with van der Waals surface area (Å²) in [5, 5.41) is 0. The monoisotopic (exact) mass is 316 g/mol. The lowest BCUT2D eigenvalue weighted by Crippen LogP contribution is -2.42. The average Bonchev–Trinajstić information content (AvgIpc) is 2.54. The third-order valence-corrected chi connectivity index (χ3v) is 4.99. The van der Waals surface area contributed by atoms with Gasteiger partial charge in [0.05, 0.1) is 12.0 Å². The van der Waals surface area contributed by atoms with Crippen molar-refractivity contribution in [3.8, 4) is 5.75 Å². The molecule has 1 heterocycles. The van der Waals surface area contributed by atoms with Gasteiger partial charge in [0, 0.05) is 13.5 Å². The van der Waals surface area contributed by atoms with Gasteiger partial charge in [0.1, 0.15) is 18.1 Å². The fourth-order valence-electron chi connectivity index (χ4n) is 3.45. The van der Waals surface area contributed by atoms with Crippen molar-refractivity contribution in [3.63, 3.8) is 0 Å². The lowest BCUT2D eigenvalue weighted by atomic mass is 9.80. The molecule has 0 spiro atoms. The minimum absolute atomic E-state index is 0.0503. The molecule has 4 nitrogen and oxygen atoms in total. The van der Waals surface area contributed by atoms with Crippen LogP contribution in [0.2, 0.25) is 0 Å². The van der Waals surface area contributed by atoms with Crippen LogP contribution >= 0.6 is 0 Å². The number of ketones is 1. The van der Waals surface area contributed by atoms with E-state index in [9.17, 15) is 4.79 Å². The van der Waals surface area contributed by atoms with E-state index in [-0.39, 0.29) is 23.9 Å². The number of aryl methyl sites for hydroxylation is 2. The van der Waals surface area contributed by atoms with Crippen LogP contribution in [0, 0.1) is 26.7 Å². The van der Waals surface area contributed by atoms with Crippen molar-refractivity contribution < 1.29 is 19.0 Å². The zero-order chi connectivity index (χ0) is 16.6. The summed E-state index contributed by atoms with van der Waals surface area (Å²) in [4.78, 5) is 12.7. The fraction of sp³-hybridized carbons (Fsp3) is 0.526. The minimum atomic E-state index is -0.118. The molecule has 0 amide bonds. The van der Waals surface area contributed by atoms with Crippen LogP contribution in [0.3, 0.4) is 0 Å². The molecular weight excluding hydrogens is 292 g/mol. The van der Waals surface area contributed by atoms with Crippen LogP contribution in [-0.4, -0.2) is 25.1 Å². The number of benzene rings is 1. The summed E-state index contributed by atoms with van der Waals surface area (Å²) in [6.45, 7) is 6.07. The normalized spacial score (nSPS) is 27.0. The lowest BCUT2D eigenvalue weighted by Gasteiger charge is -2.36. The first-order valence-corrected chi connectivity index (χ1v) is 8.18. The second-order valence-corrected chi connectivity index (χ2v) is 6.61. The number of rotatable bonds is 3. The highest BCUT2D eigenvalue weighted by Crippen LogP contribution is 2.35. The minimum Gasteiger partial charge on any atom is -0.493 e. The Morgan fingerprint density at radius 2 is 1.96 bits per heavy atom. The van der Waals surface area contributed by atoms with Gasteiger partial charge in [0.2, 0.25) is 11.5 Å². The maximum Gasteiger partial charge on any atom is 0.207 e. The molecular formula is C19H24O4. The Morgan fingerprint density at radius 3 is 2.70 bits per heavy atom. The van der Waals surface area contributed by atoms with Crippen LogP contribution < -0.4 is 4.74 Å². The number of methoxy groups -OCH3 is 1. The summed E-state index contributed by atoms with van der Waals surface area (Å²) in [6, 6.07) is 4.07. The zero-order valence-electron chi connectivity index (χ0n) is 14.2. The van der Waals surface area contributed by atoms with Gasteiger partial charge >= 0.3 is 0 Å². The molecule has 1 fully saturated rings. The first kappa shape index (κ1) is 16.1. The van der Waals surface area contributed by atoms with E-state index >= 15 is 0 Å². The van der Waals surface area contributed by atoms with E-state index in [1.54, 1.807) is 7.11 Å². The number of carbonyl (C=O) groups is 1. The summed E-state index contributed by atoms with van der Waals surface area (Å²) in [7, 11) is 1.71. The predicted octanol–water partition coefficient (Wildman–Crippen LogP) is 3.62. The van der Waals surface area contributed by atoms with E-state index in [0.29, 0.717) is 5.76 Å². The largest absolute Gasteiger partial charge is 0.493 e. The van der Waals surface area contributed by atoms with Gasteiger partial charge in [0.15, 0.2) is 0 Å². The maximum atomic E-state index is 12.7. The molecule has 1 aromatic rings. The van der Waals surface area contributed by atoms with E-state index in [1.807, 2.05) is 26.8 Å². The molecule has 3 atom stereocenters. The van der Waals surface area contributed by atoms with Crippen molar-refractivity contribution in [1.82, 2.24) is 0 Å². The van der Waals surface area contributed by atoms with Crippen molar-refractivity contribution in [3.05, 3.63) is 40.8 Å². The first-order valence-electron chi connectivity index (χ1n) is 8.18. The van der Waals surface area contributed by atoms with Gasteiger partial charge in [-0.3, -0.25) is 4.79 Å². The van der Waals surface area contributed by atoms with Crippen LogP contribution in [0.15, 0.2) is 24.2 Å². The molecule has 23 heavy (non-hydrogen) atoms. The van der Waals surface area contributed by atoms with Crippen LogP contribution in [0.1, 0.15) is 36.0 Å². The molecule has 124 valence electrons.